The number of rotatable bonds is 3. The van der Waals surface area contributed by atoms with Crippen LogP contribution < -0.4 is 10.4 Å². The van der Waals surface area contributed by atoms with Crippen LogP contribution in [0.25, 0.3) is 4.96 Å². The lowest BCUT2D eigenvalue weighted by Crippen LogP contribution is -2.49. The molecule has 8 nitrogen and oxygen atoms in total. The number of aryl methyl sites for hydroxylation is 2. The zero-order chi connectivity index (χ0) is 15.9. The van der Waals surface area contributed by atoms with Crippen LogP contribution in [0.15, 0.2) is 15.1 Å². The standard InChI is InChI=1S/C12H16N4O4S2/c1-8-7-21-12-13-9(2)10(11(17)16(8)12)22(18,19)14-15-3-5-20-6-4-15/h7,14H,3-6H2,1-2H3. The van der Waals surface area contributed by atoms with Gasteiger partial charge in [0, 0.05) is 24.2 Å². The second-order valence-electron chi connectivity index (χ2n) is 5.02. The fourth-order valence-electron chi connectivity index (χ4n) is 2.35. The first-order chi connectivity index (χ1) is 10.4. The molecule has 3 heterocycles. The number of hydrogen-bond donors (Lipinski definition) is 1. The van der Waals surface area contributed by atoms with Crippen LogP contribution in [0, 0.1) is 13.8 Å². The van der Waals surface area contributed by atoms with Crippen molar-refractivity contribution in [3.63, 3.8) is 0 Å². The van der Waals surface area contributed by atoms with Gasteiger partial charge in [-0.2, -0.15) is 0 Å². The van der Waals surface area contributed by atoms with Crippen molar-refractivity contribution < 1.29 is 13.2 Å². The van der Waals surface area contributed by atoms with Crippen molar-refractivity contribution in [1.29, 1.82) is 0 Å². The van der Waals surface area contributed by atoms with E-state index in [9.17, 15) is 13.2 Å². The lowest BCUT2D eigenvalue weighted by atomic mass is 10.4. The fourth-order valence-corrected chi connectivity index (χ4v) is 4.62. The first kappa shape index (κ1) is 15.6. The van der Waals surface area contributed by atoms with Crippen LogP contribution in [-0.2, 0) is 14.8 Å². The lowest BCUT2D eigenvalue weighted by molar-refractivity contribution is 0.0272. The summed E-state index contributed by atoms with van der Waals surface area (Å²) in [5.74, 6) is 0. The molecule has 1 saturated heterocycles. The third kappa shape index (κ3) is 2.68. The monoisotopic (exact) mass is 344 g/mol. The number of hydrazine groups is 1. The minimum atomic E-state index is -3.98. The Morgan fingerprint density at radius 1 is 1.32 bits per heavy atom. The van der Waals surface area contributed by atoms with E-state index < -0.39 is 15.6 Å². The molecule has 0 unspecified atom stereocenters. The van der Waals surface area contributed by atoms with Gasteiger partial charge in [-0.3, -0.25) is 9.20 Å². The summed E-state index contributed by atoms with van der Waals surface area (Å²) in [6.45, 7) is 5.04. The molecule has 1 N–H and O–H groups in total. The number of nitrogens with zero attached hydrogens (tertiary/aromatic N) is 3. The summed E-state index contributed by atoms with van der Waals surface area (Å²) in [6, 6.07) is 0. The van der Waals surface area contributed by atoms with Gasteiger partial charge in [-0.15, -0.1) is 16.2 Å². The van der Waals surface area contributed by atoms with Crippen molar-refractivity contribution in [3.8, 4) is 0 Å². The van der Waals surface area contributed by atoms with Gasteiger partial charge >= 0.3 is 0 Å². The quantitative estimate of drug-likeness (QED) is 0.836. The van der Waals surface area contributed by atoms with Crippen LogP contribution in [0.3, 0.4) is 0 Å². The van der Waals surface area contributed by atoms with Crippen molar-refractivity contribution in [2.24, 2.45) is 0 Å². The van der Waals surface area contributed by atoms with Gasteiger partial charge in [-0.05, 0) is 13.8 Å². The van der Waals surface area contributed by atoms with Crippen LogP contribution in [0.5, 0.6) is 0 Å². The normalized spacial score (nSPS) is 17.2. The van der Waals surface area contributed by atoms with Crippen molar-refractivity contribution in [2.45, 2.75) is 18.7 Å². The molecule has 0 aliphatic carbocycles. The Hall–Kier alpha value is -1.33. The molecule has 1 aliphatic heterocycles. The smallest absolute Gasteiger partial charge is 0.279 e. The number of ether oxygens (including phenoxy) is 1. The maximum Gasteiger partial charge on any atom is 0.279 e. The van der Waals surface area contributed by atoms with Crippen LogP contribution >= 0.6 is 11.3 Å². The first-order valence-corrected chi connectivity index (χ1v) is 9.09. The molecule has 0 saturated carbocycles. The van der Waals surface area contributed by atoms with E-state index in [0.29, 0.717) is 37.0 Å². The number of hydrogen-bond acceptors (Lipinski definition) is 7. The largest absolute Gasteiger partial charge is 0.379 e. The Bertz CT molecular complexity index is 865. The molecule has 0 atom stereocenters. The second kappa shape index (κ2) is 5.70. The van der Waals surface area contributed by atoms with E-state index in [0.717, 1.165) is 0 Å². The minimum absolute atomic E-state index is 0.201. The molecule has 2 aromatic heterocycles. The van der Waals surface area contributed by atoms with Crippen molar-refractivity contribution >= 4 is 26.3 Å². The summed E-state index contributed by atoms with van der Waals surface area (Å²) >= 11 is 1.31. The summed E-state index contributed by atoms with van der Waals surface area (Å²) in [5.41, 5.74) is 0.301. The molecular weight excluding hydrogens is 328 g/mol. The van der Waals surface area contributed by atoms with Crippen molar-refractivity contribution in [2.75, 3.05) is 26.3 Å². The summed E-state index contributed by atoms with van der Waals surface area (Å²) in [5, 5.41) is 3.31. The maximum absolute atomic E-state index is 12.6. The highest BCUT2D eigenvalue weighted by Gasteiger charge is 2.27. The van der Waals surface area contributed by atoms with E-state index in [-0.39, 0.29) is 10.6 Å². The number of sulfonamides is 1. The zero-order valence-electron chi connectivity index (χ0n) is 12.2. The van der Waals surface area contributed by atoms with Gasteiger partial charge in [0.15, 0.2) is 9.86 Å². The molecule has 22 heavy (non-hydrogen) atoms. The van der Waals surface area contributed by atoms with Gasteiger partial charge in [-0.25, -0.2) is 18.4 Å². The van der Waals surface area contributed by atoms with Gasteiger partial charge < -0.3 is 4.74 Å². The molecule has 0 amide bonds. The molecule has 1 aliphatic rings. The molecule has 3 rings (SSSR count). The number of fused-ring (bicyclic) bond motifs is 1. The van der Waals surface area contributed by atoms with Crippen LogP contribution in [0.4, 0.5) is 0 Å². The van der Waals surface area contributed by atoms with Gasteiger partial charge in [0.05, 0.1) is 18.9 Å². The van der Waals surface area contributed by atoms with E-state index in [1.54, 1.807) is 12.3 Å². The molecule has 0 spiro atoms. The molecule has 120 valence electrons. The van der Waals surface area contributed by atoms with Crippen LogP contribution in [0.1, 0.15) is 11.4 Å². The second-order valence-corrected chi connectivity index (χ2v) is 7.45. The predicted octanol–water partition coefficient (Wildman–Crippen LogP) is -0.102. The number of nitrogens with one attached hydrogen (secondary N) is 1. The Labute approximate surface area is 131 Å². The predicted molar refractivity (Wildman–Crippen MR) is 81.5 cm³/mol. The highest BCUT2D eigenvalue weighted by Crippen LogP contribution is 2.16. The Morgan fingerprint density at radius 2 is 2.00 bits per heavy atom. The average Bonchev–Trinajstić information content (AvgIpc) is 2.80. The van der Waals surface area contributed by atoms with Crippen LogP contribution in [-0.4, -0.2) is 49.1 Å². The average molecular weight is 344 g/mol. The van der Waals surface area contributed by atoms with Gasteiger partial charge in [-0.1, -0.05) is 0 Å². The van der Waals surface area contributed by atoms with E-state index >= 15 is 0 Å². The Kier molecular flexibility index (Phi) is 4.03. The Balaban J connectivity index is 2.08. The van der Waals surface area contributed by atoms with Gasteiger partial charge in [0.2, 0.25) is 0 Å². The van der Waals surface area contributed by atoms with Crippen molar-refractivity contribution in [3.05, 3.63) is 27.1 Å². The molecule has 0 bridgehead atoms. The SMILES string of the molecule is Cc1nc2scc(C)n2c(=O)c1S(=O)(=O)NN1CCOCC1. The number of aromatic nitrogens is 2. The van der Waals surface area contributed by atoms with Crippen LogP contribution in [0.2, 0.25) is 0 Å². The number of morpholine rings is 1. The molecule has 2 aromatic rings. The van der Waals surface area contributed by atoms with E-state index in [2.05, 4.69) is 9.82 Å². The Morgan fingerprint density at radius 3 is 2.68 bits per heavy atom. The third-order valence-corrected chi connectivity index (χ3v) is 5.85. The first-order valence-electron chi connectivity index (χ1n) is 6.73. The van der Waals surface area contributed by atoms with E-state index in [4.69, 9.17) is 4.74 Å². The fraction of sp³-hybridized carbons (Fsp3) is 0.500. The summed E-state index contributed by atoms with van der Waals surface area (Å²) in [7, 11) is -3.98. The van der Waals surface area contributed by atoms with E-state index in [1.165, 1.54) is 27.7 Å². The summed E-state index contributed by atoms with van der Waals surface area (Å²) in [6.07, 6.45) is 0. The molecule has 0 radical (unpaired) electrons. The third-order valence-electron chi connectivity index (χ3n) is 3.40. The molecule has 0 aromatic carbocycles. The lowest BCUT2D eigenvalue weighted by Gasteiger charge is -2.26. The van der Waals surface area contributed by atoms with Gasteiger partial charge in [0.1, 0.15) is 0 Å². The zero-order valence-corrected chi connectivity index (χ0v) is 13.8. The van der Waals surface area contributed by atoms with Crippen molar-refractivity contribution in [1.82, 2.24) is 19.2 Å². The minimum Gasteiger partial charge on any atom is -0.379 e. The summed E-state index contributed by atoms with van der Waals surface area (Å²) in [4.78, 5) is 19.5. The molecule has 1 fully saturated rings. The number of thiazole rings is 1. The highest BCUT2D eigenvalue weighted by molar-refractivity contribution is 7.89. The molecular formula is C12H16N4O4S2. The summed E-state index contributed by atoms with van der Waals surface area (Å²) < 4.78 is 31.7. The van der Waals surface area contributed by atoms with E-state index in [1.807, 2.05) is 0 Å². The molecule has 10 heteroatoms. The topological polar surface area (TPSA) is 93.0 Å². The maximum atomic E-state index is 12.6. The van der Waals surface area contributed by atoms with Gasteiger partial charge in [0.25, 0.3) is 15.6 Å². The highest BCUT2D eigenvalue weighted by atomic mass is 32.2.